The van der Waals surface area contributed by atoms with E-state index in [0.717, 1.165) is 49.2 Å². The largest absolute Gasteiger partial charge is 0.396 e. The van der Waals surface area contributed by atoms with Crippen LogP contribution in [-0.2, 0) is 0 Å². The Kier molecular flexibility index (Phi) is 4.68. The van der Waals surface area contributed by atoms with Crippen LogP contribution in [-0.4, -0.2) is 47.3 Å². The second-order valence-electron chi connectivity index (χ2n) is 5.72. The van der Waals surface area contributed by atoms with Crippen molar-refractivity contribution in [2.75, 3.05) is 31.1 Å². The number of benzene rings is 1. The Balaban J connectivity index is 1.89. The maximum atomic E-state index is 10.9. The Morgan fingerprint density at radius 3 is 3.04 bits per heavy atom. The summed E-state index contributed by atoms with van der Waals surface area (Å²) in [5, 5.41) is 24.1. The molecule has 0 spiro atoms. The third-order valence-electron chi connectivity index (χ3n) is 4.21. The van der Waals surface area contributed by atoms with Crippen LogP contribution >= 0.6 is 0 Å². The van der Waals surface area contributed by atoms with E-state index in [1.165, 1.54) is 6.07 Å². The molecule has 1 aliphatic rings. The predicted octanol–water partition coefficient (Wildman–Crippen LogP) is 1.69. The minimum Gasteiger partial charge on any atom is -0.396 e. The Hall–Kier alpha value is -2.25. The van der Waals surface area contributed by atoms with E-state index in [2.05, 4.69) is 15.2 Å². The molecule has 1 unspecified atom stereocenters. The van der Waals surface area contributed by atoms with E-state index in [1.807, 2.05) is 12.1 Å². The first-order chi connectivity index (χ1) is 11.2. The molecule has 0 saturated carbocycles. The lowest BCUT2D eigenvalue weighted by atomic mass is 10.1. The van der Waals surface area contributed by atoms with Crippen molar-refractivity contribution in [1.82, 2.24) is 10.3 Å². The molecule has 2 heterocycles. The van der Waals surface area contributed by atoms with Gasteiger partial charge in [-0.25, -0.2) is 4.98 Å². The van der Waals surface area contributed by atoms with Crippen molar-refractivity contribution < 1.29 is 10.0 Å². The summed E-state index contributed by atoms with van der Waals surface area (Å²) in [6.07, 6.45) is 1.67. The monoisotopic (exact) mass is 316 g/mol. The lowest BCUT2D eigenvalue weighted by molar-refractivity contribution is -0.384. The van der Waals surface area contributed by atoms with Gasteiger partial charge in [0.15, 0.2) is 0 Å². The fraction of sp³-hybridized carbons (Fsp3) is 0.438. The topological polar surface area (TPSA) is 91.5 Å². The summed E-state index contributed by atoms with van der Waals surface area (Å²) in [7, 11) is 0. The van der Waals surface area contributed by atoms with Gasteiger partial charge < -0.3 is 15.3 Å². The second kappa shape index (κ2) is 6.89. The smallest absolute Gasteiger partial charge is 0.270 e. The van der Waals surface area contributed by atoms with Gasteiger partial charge >= 0.3 is 0 Å². The molecule has 1 fully saturated rings. The van der Waals surface area contributed by atoms with Gasteiger partial charge in [-0.2, -0.15) is 0 Å². The third-order valence-corrected chi connectivity index (χ3v) is 4.21. The molecule has 1 aromatic heterocycles. The van der Waals surface area contributed by atoms with Gasteiger partial charge in [-0.3, -0.25) is 10.1 Å². The number of hydrogen-bond acceptors (Lipinski definition) is 6. The maximum absolute atomic E-state index is 10.9. The molecule has 0 amide bonds. The van der Waals surface area contributed by atoms with E-state index >= 15 is 0 Å². The second-order valence-corrected chi connectivity index (χ2v) is 5.72. The normalized spacial score (nSPS) is 18.3. The van der Waals surface area contributed by atoms with Crippen molar-refractivity contribution in [3.05, 3.63) is 40.4 Å². The first-order valence-electron chi connectivity index (χ1n) is 7.82. The molecule has 0 radical (unpaired) electrons. The number of rotatable bonds is 5. The lowest BCUT2D eigenvalue weighted by Gasteiger charge is -2.37. The molecule has 0 bridgehead atoms. The number of aliphatic hydroxyl groups excluding tert-OH is 1. The molecule has 0 aliphatic carbocycles. The van der Waals surface area contributed by atoms with E-state index in [9.17, 15) is 10.1 Å². The van der Waals surface area contributed by atoms with E-state index in [4.69, 9.17) is 5.11 Å². The van der Waals surface area contributed by atoms with Gasteiger partial charge in [0.05, 0.1) is 10.4 Å². The Morgan fingerprint density at radius 2 is 2.26 bits per heavy atom. The van der Waals surface area contributed by atoms with Gasteiger partial charge in [0, 0.05) is 49.8 Å². The zero-order valence-electron chi connectivity index (χ0n) is 12.8. The summed E-state index contributed by atoms with van der Waals surface area (Å²) in [5.41, 5.74) is 0.836. The van der Waals surface area contributed by atoms with Crippen LogP contribution < -0.4 is 10.2 Å². The number of nitrogens with zero attached hydrogens (tertiary/aromatic N) is 3. The summed E-state index contributed by atoms with van der Waals surface area (Å²) in [4.78, 5) is 17.4. The molecule has 2 aromatic rings. The van der Waals surface area contributed by atoms with Gasteiger partial charge in [0.2, 0.25) is 0 Å². The van der Waals surface area contributed by atoms with Gasteiger partial charge in [0.25, 0.3) is 5.69 Å². The molecule has 23 heavy (non-hydrogen) atoms. The van der Waals surface area contributed by atoms with Gasteiger partial charge in [-0.15, -0.1) is 0 Å². The zero-order valence-corrected chi connectivity index (χ0v) is 12.8. The highest BCUT2D eigenvalue weighted by Crippen LogP contribution is 2.24. The minimum absolute atomic E-state index is 0.0787. The average Bonchev–Trinajstić information content (AvgIpc) is 2.59. The van der Waals surface area contributed by atoms with Crippen molar-refractivity contribution in [2.45, 2.75) is 18.9 Å². The van der Waals surface area contributed by atoms with Gasteiger partial charge in [0.1, 0.15) is 5.82 Å². The summed E-state index contributed by atoms with van der Waals surface area (Å²) >= 11 is 0. The number of nitro groups is 1. The van der Waals surface area contributed by atoms with Crippen molar-refractivity contribution >= 4 is 22.4 Å². The number of aromatic nitrogens is 1. The predicted molar refractivity (Wildman–Crippen MR) is 88.7 cm³/mol. The molecule has 1 aromatic carbocycles. The highest BCUT2D eigenvalue weighted by Gasteiger charge is 2.23. The number of pyridine rings is 1. The fourth-order valence-electron chi connectivity index (χ4n) is 3.02. The quantitative estimate of drug-likeness (QED) is 0.644. The fourth-order valence-corrected chi connectivity index (χ4v) is 3.02. The molecule has 1 aliphatic heterocycles. The molecule has 7 nitrogen and oxygen atoms in total. The third kappa shape index (κ3) is 3.40. The van der Waals surface area contributed by atoms with Crippen LogP contribution in [0.25, 0.3) is 10.9 Å². The van der Waals surface area contributed by atoms with Crippen molar-refractivity contribution in [1.29, 1.82) is 0 Å². The minimum atomic E-state index is -0.394. The Bertz CT molecular complexity index is 707. The molecule has 1 saturated heterocycles. The molecular weight excluding hydrogens is 296 g/mol. The molecule has 2 N–H and O–H groups in total. The highest BCUT2D eigenvalue weighted by molar-refractivity contribution is 5.82. The molecule has 7 heteroatoms. The summed E-state index contributed by atoms with van der Waals surface area (Å²) in [6, 6.07) is 8.84. The first kappa shape index (κ1) is 15.6. The van der Waals surface area contributed by atoms with Crippen LogP contribution in [0.4, 0.5) is 11.5 Å². The molecule has 3 rings (SSSR count). The molecule has 122 valence electrons. The summed E-state index contributed by atoms with van der Waals surface area (Å²) < 4.78 is 0. The van der Waals surface area contributed by atoms with Crippen LogP contribution in [0.1, 0.15) is 12.8 Å². The standard InChI is InChI=1S/C16H20N4O3/c21-9-1-2-14-11-17-7-8-19(14)16-6-3-12-10-13(20(22)23)4-5-15(12)18-16/h3-6,10,14,17,21H,1-2,7-9,11H2. The van der Waals surface area contributed by atoms with Crippen LogP contribution in [0, 0.1) is 10.1 Å². The Labute approximate surface area is 134 Å². The lowest BCUT2D eigenvalue weighted by Crippen LogP contribution is -2.51. The van der Waals surface area contributed by atoms with Crippen molar-refractivity contribution in [3.8, 4) is 0 Å². The van der Waals surface area contributed by atoms with E-state index in [0.29, 0.717) is 6.04 Å². The number of non-ortho nitro benzene ring substituents is 1. The number of fused-ring (bicyclic) bond motifs is 1. The number of nitro benzene ring substituents is 1. The van der Waals surface area contributed by atoms with E-state index < -0.39 is 4.92 Å². The van der Waals surface area contributed by atoms with E-state index in [1.54, 1.807) is 12.1 Å². The summed E-state index contributed by atoms with van der Waals surface area (Å²) in [6.45, 7) is 2.83. The zero-order chi connectivity index (χ0) is 16.2. The van der Waals surface area contributed by atoms with Crippen LogP contribution in [0.15, 0.2) is 30.3 Å². The van der Waals surface area contributed by atoms with Crippen LogP contribution in [0.2, 0.25) is 0 Å². The highest BCUT2D eigenvalue weighted by atomic mass is 16.6. The molecule has 1 atom stereocenters. The number of aliphatic hydroxyl groups is 1. The maximum Gasteiger partial charge on any atom is 0.270 e. The number of nitrogens with one attached hydrogen (secondary N) is 1. The first-order valence-corrected chi connectivity index (χ1v) is 7.82. The van der Waals surface area contributed by atoms with Crippen molar-refractivity contribution in [2.24, 2.45) is 0 Å². The number of hydrogen-bond donors (Lipinski definition) is 2. The van der Waals surface area contributed by atoms with Crippen LogP contribution in [0.5, 0.6) is 0 Å². The summed E-state index contributed by atoms with van der Waals surface area (Å²) in [5.74, 6) is 0.885. The average molecular weight is 316 g/mol. The van der Waals surface area contributed by atoms with E-state index in [-0.39, 0.29) is 12.3 Å². The van der Waals surface area contributed by atoms with Crippen molar-refractivity contribution in [3.63, 3.8) is 0 Å². The SMILES string of the molecule is O=[N+]([O-])c1ccc2nc(N3CCNCC3CCCO)ccc2c1. The number of anilines is 1. The Morgan fingerprint density at radius 1 is 1.39 bits per heavy atom. The van der Waals surface area contributed by atoms with Crippen LogP contribution in [0.3, 0.4) is 0 Å². The van der Waals surface area contributed by atoms with Gasteiger partial charge in [-0.1, -0.05) is 0 Å². The molecular formula is C16H20N4O3. The van der Waals surface area contributed by atoms with Gasteiger partial charge in [-0.05, 0) is 31.0 Å². The number of piperazine rings is 1.